The van der Waals surface area contributed by atoms with E-state index >= 15 is 0 Å². The summed E-state index contributed by atoms with van der Waals surface area (Å²) in [6.07, 6.45) is 1.49. The molecule has 0 aliphatic carbocycles. The van der Waals surface area contributed by atoms with Gasteiger partial charge in [0.2, 0.25) is 0 Å². The summed E-state index contributed by atoms with van der Waals surface area (Å²) >= 11 is 0. The van der Waals surface area contributed by atoms with Crippen LogP contribution in [0.3, 0.4) is 0 Å². The van der Waals surface area contributed by atoms with E-state index in [1.54, 1.807) is 35.2 Å². The summed E-state index contributed by atoms with van der Waals surface area (Å²) in [7, 11) is 0. The van der Waals surface area contributed by atoms with Crippen LogP contribution in [0.2, 0.25) is 0 Å². The first-order valence-corrected chi connectivity index (χ1v) is 9.58. The number of nitrogens with two attached hydrogens (primary N) is 1. The smallest absolute Gasteiger partial charge is 0.278 e. The standard InChI is InChI=1S/C22H21N5O3.3H2/c23-20-19(21(28)25-17-7-2-1-3-8-17)26-18(14-24-20)15-5-4-6-16(13-15)22(29)27-9-11-30-12-10-27;;;/h1-8,13-14H,9-12H2,(H2,23,24)(H,25,28);3*1H. The lowest BCUT2D eigenvalue weighted by atomic mass is 10.1. The molecule has 8 heteroatoms. The van der Waals surface area contributed by atoms with E-state index in [0.717, 1.165) is 0 Å². The minimum atomic E-state index is -0.450. The Hall–Kier alpha value is -3.78. The second-order valence-electron chi connectivity index (χ2n) is 6.79. The van der Waals surface area contributed by atoms with Gasteiger partial charge in [-0.15, -0.1) is 0 Å². The van der Waals surface area contributed by atoms with Crippen molar-refractivity contribution in [1.29, 1.82) is 0 Å². The van der Waals surface area contributed by atoms with Gasteiger partial charge in [-0.3, -0.25) is 9.59 Å². The topological polar surface area (TPSA) is 110 Å². The minimum absolute atomic E-state index is 0. The number of aromatic nitrogens is 2. The molecular formula is C22H27N5O3. The van der Waals surface area contributed by atoms with Crippen molar-refractivity contribution in [1.82, 2.24) is 14.9 Å². The van der Waals surface area contributed by atoms with Crippen LogP contribution in [0.1, 0.15) is 25.1 Å². The number of carbonyl (C=O) groups excluding carboxylic acids is 2. The third-order valence-corrected chi connectivity index (χ3v) is 4.75. The van der Waals surface area contributed by atoms with Crippen molar-refractivity contribution in [2.24, 2.45) is 0 Å². The summed E-state index contributed by atoms with van der Waals surface area (Å²) < 4.78 is 5.31. The summed E-state index contributed by atoms with van der Waals surface area (Å²) in [6, 6.07) is 16.1. The van der Waals surface area contributed by atoms with Crippen LogP contribution in [0.5, 0.6) is 0 Å². The van der Waals surface area contributed by atoms with Gasteiger partial charge in [0.05, 0.1) is 25.1 Å². The highest BCUT2D eigenvalue weighted by molar-refractivity contribution is 6.06. The number of rotatable bonds is 4. The monoisotopic (exact) mass is 409 g/mol. The van der Waals surface area contributed by atoms with Crippen molar-refractivity contribution in [3.8, 4) is 11.3 Å². The molecule has 4 rings (SSSR count). The molecule has 2 aromatic carbocycles. The van der Waals surface area contributed by atoms with Gasteiger partial charge < -0.3 is 20.7 Å². The summed E-state index contributed by atoms with van der Waals surface area (Å²) in [5.41, 5.74) is 8.23. The fraction of sp³-hybridized carbons (Fsp3) is 0.182. The molecule has 1 aliphatic rings. The van der Waals surface area contributed by atoms with Gasteiger partial charge in [-0.25, -0.2) is 9.97 Å². The van der Waals surface area contributed by atoms with Gasteiger partial charge in [0, 0.05) is 34.2 Å². The number of para-hydroxylation sites is 1. The number of nitrogens with zero attached hydrogens (tertiary/aromatic N) is 3. The summed E-state index contributed by atoms with van der Waals surface area (Å²) in [6.45, 7) is 2.20. The maximum Gasteiger partial charge on any atom is 0.278 e. The van der Waals surface area contributed by atoms with Crippen LogP contribution < -0.4 is 11.1 Å². The molecule has 1 fully saturated rings. The molecule has 0 bridgehead atoms. The van der Waals surface area contributed by atoms with Gasteiger partial charge in [-0.1, -0.05) is 30.3 Å². The Morgan fingerprint density at radius 3 is 2.60 bits per heavy atom. The number of hydrogen-bond donors (Lipinski definition) is 2. The van der Waals surface area contributed by atoms with Crippen molar-refractivity contribution in [2.75, 3.05) is 37.4 Å². The number of nitrogen functional groups attached to an aromatic ring is 1. The van der Waals surface area contributed by atoms with Crippen LogP contribution in [0.25, 0.3) is 11.3 Å². The second kappa shape index (κ2) is 8.71. The van der Waals surface area contributed by atoms with E-state index in [9.17, 15) is 9.59 Å². The van der Waals surface area contributed by atoms with Crippen LogP contribution in [-0.2, 0) is 4.74 Å². The Morgan fingerprint density at radius 2 is 1.83 bits per heavy atom. The van der Waals surface area contributed by atoms with E-state index in [2.05, 4.69) is 15.3 Å². The van der Waals surface area contributed by atoms with Crippen molar-refractivity contribution < 1.29 is 18.6 Å². The first-order valence-electron chi connectivity index (χ1n) is 9.58. The molecule has 30 heavy (non-hydrogen) atoms. The Balaban J connectivity index is 0.00000181. The maximum atomic E-state index is 12.8. The lowest BCUT2D eigenvalue weighted by Crippen LogP contribution is -2.40. The van der Waals surface area contributed by atoms with Crippen molar-refractivity contribution in [2.45, 2.75) is 0 Å². The molecule has 0 spiro atoms. The lowest BCUT2D eigenvalue weighted by molar-refractivity contribution is 0.0303. The largest absolute Gasteiger partial charge is 0.382 e. The molecule has 3 aromatic rings. The van der Waals surface area contributed by atoms with E-state index in [0.29, 0.717) is 48.8 Å². The van der Waals surface area contributed by atoms with Gasteiger partial charge in [0.25, 0.3) is 11.8 Å². The molecule has 1 saturated heterocycles. The first-order chi connectivity index (χ1) is 14.6. The van der Waals surface area contributed by atoms with Crippen LogP contribution in [-0.4, -0.2) is 53.0 Å². The molecule has 3 N–H and O–H groups in total. The van der Waals surface area contributed by atoms with Crippen molar-refractivity contribution in [3.05, 3.63) is 72.1 Å². The normalized spacial score (nSPS) is 13.7. The highest BCUT2D eigenvalue weighted by Gasteiger charge is 2.20. The number of anilines is 2. The van der Waals surface area contributed by atoms with Gasteiger partial charge in [-0.05, 0) is 24.3 Å². The Labute approximate surface area is 178 Å². The van der Waals surface area contributed by atoms with E-state index in [1.807, 2.05) is 24.3 Å². The van der Waals surface area contributed by atoms with Crippen LogP contribution in [0, 0.1) is 0 Å². The fourth-order valence-electron chi connectivity index (χ4n) is 3.18. The summed E-state index contributed by atoms with van der Waals surface area (Å²) in [5, 5.41) is 2.76. The minimum Gasteiger partial charge on any atom is -0.382 e. The predicted octanol–water partition coefficient (Wildman–Crippen LogP) is 3.19. The number of amides is 2. The number of ether oxygens (including phenoxy) is 1. The molecule has 0 unspecified atom stereocenters. The van der Waals surface area contributed by atoms with Gasteiger partial charge >= 0.3 is 0 Å². The third kappa shape index (κ3) is 4.28. The zero-order valence-electron chi connectivity index (χ0n) is 16.2. The van der Waals surface area contributed by atoms with E-state index in [-0.39, 0.29) is 21.7 Å². The first kappa shape index (κ1) is 19.5. The third-order valence-electron chi connectivity index (χ3n) is 4.75. The number of hydrogen-bond acceptors (Lipinski definition) is 6. The number of morpholine rings is 1. The van der Waals surface area contributed by atoms with Crippen LogP contribution in [0.15, 0.2) is 60.8 Å². The molecule has 1 aliphatic heterocycles. The van der Waals surface area contributed by atoms with E-state index in [1.165, 1.54) is 6.20 Å². The SMILES string of the molecule is Nc1ncc(-c2cccc(C(=O)N3CCOCC3)c2)nc1C(=O)Nc1ccccc1.[HH].[HH].[HH]. The molecular weight excluding hydrogens is 382 g/mol. The maximum absolute atomic E-state index is 12.8. The van der Waals surface area contributed by atoms with Crippen LogP contribution >= 0.6 is 0 Å². The Morgan fingerprint density at radius 1 is 1.07 bits per heavy atom. The Kier molecular flexibility index (Phi) is 5.67. The summed E-state index contributed by atoms with van der Waals surface area (Å²) in [4.78, 5) is 35.7. The zero-order valence-corrected chi connectivity index (χ0v) is 16.2. The molecule has 2 amide bonds. The highest BCUT2D eigenvalue weighted by atomic mass is 16.5. The average Bonchev–Trinajstić information content (AvgIpc) is 2.80. The highest BCUT2D eigenvalue weighted by Crippen LogP contribution is 2.21. The number of nitrogens with one attached hydrogen (secondary N) is 1. The molecule has 0 saturated carbocycles. The second-order valence-corrected chi connectivity index (χ2v) is 6.79. The van der Waals surface area contributed by atoms with Gasteiger partial charge in [-0.2, -0.15) is 0 Å². The van der Waals surface area contributed by atoms with Gasteiger partial charge in [0.15, 0.2) is 11.5 Å². The van der Waals surface area contributed by atoms with Crippen LogP contribution in [0.4, 0.5) is 11.5 Å². The van der Waals surface area contributed by atoms with Crippen molar-refractivity contribution >= 4 is 23.3 Å². The van der Waals surface area contributed by atoms with E-state index in [4.69, 9.17) is 10.5 Å². The van der Waals surface area contributed by atoms with Crippen molar-refractivity contribution in [3.63, 3.8) is 0 Å². The Bertz CT molecular complexity index is 1080. The average molecular weight is 409 g/mol. The molecule has 2 heterocycles. The number of carbonyl (C=O) groups is 2. The molecule has 0 radical (unpaired) electrons. The molecule has 0 atom stereocenters. The summed E-state index contributed by atoms with van der Waals surface area (Å²) in [5.74, 6) is -0.480. The molecule has 1 aromatic heterocycles. The molecule has 8 nitrogen and oxygen atoms in total. The zero-order chi connectivity index (χ0) is 20.9. The lowest BCUT2D eigenvalue weighted by Gasteiger charge is -2.27. The number of benzene rings is 2. The van der Waals surface area contributed by atoms with Gasteiger partial charge in [0.1, 0.15) is 0 Å². The predicted molar refractivity (Wildman–Crippen MR) is 119 cm³/mol. The quantitative estimate of drug-likeness (QED) is 0.685. The van der Waals surface area contributed by atoms with E-state index < -0.39 is 5.91 Å². The molecule has 158 valence electrons. The fourth-order valence-corrected chi connectivity index (χ4v) is 3.18.